The fourth-order valence-corrected chi connectivity index (χ4v) is 3.72. The summed E-state index contributed by atoms with van der Waals surface area (Å²) in [5.41, 5.74) is -0.713. The number of rotatable bonds is 4. The molecule has 3 rings (SSSR count). The molecule has 2 saturated heterocycles. The fourth-order valence-electron chi connectivity index (χ4n) is 3.72. The molecule has 0 unspecified atom stereocenters. The standard InChI is InChI=1S/C18H24F3N3O2/c1-23-6-4-18(5-7-23,24-8-10-26-11-9-24)12-22-17(25)13-2-3-14(19)16(21)15(13)20/h2-3H,4-12H2,1H3,(H,22,25). The second kappa shape index (κ2) is 7.94. The number of nitrogens with zero attached hydrogens (tertiary/aromatic N) is 2. The van der Waals surface area contributed by atoms with Gasteiger partial charge in [0, 0.05) is 25.2 Å². The maximum atomic E-state index is 13.9. The molecule has 1 N–H and O–H groups in total. The number of morpholine rings is 1. The van der Waals surface area contributed by atoms with E-state index in [9.17, 15) is 18.0 Å². The zero-order valence-corrected chi connectivity index (χ0v) is 14.9. The van der Waals surface area contributed by atoms with Gasteiger partial charge in [0.15, 0.2) is 17.5 Å². The van der Waals surface area contributed by atoms with Crippen molar-refractivity contribution >= 4 is 5.91 Å². The average Bonchev–Trinajstić information content (AvgIpc) is 2.66. The molecule has 2 aliphatic heterocycles. The van der Waals surface area contributed by atoms with Crippen LogP contribution in [-0.2, 0) is 4.74 Å². The van der Waals surface area contributed by atoms with Crippen LogP contribution in [0.4, 0.5) is 13.2 Å². The lowest BCUT2D eigenvalue weighted by Gasteiger charge is -2.49. The quantitative estimate of drug-likeness (QED) is 0.818. The molecule has 2 aliphatic rings. The molecule has 0 aliphatic carbocycles. The van der Waals surface area contributed by atoms with Crippen molar-refractivity contribution in [2.45, 2.75) is 18.4 Å². The predicted octanol–water partition coefficient (Wildman–Crippen LogP) is 1.63. The number of amides is 1. The highest BCUT2D eigenvalue weighted by atomic mass is 19.2. The summed E-state index contributed by atoms with van der Waals surface area (Å²) in [6.45, 7) is 4.96. The van der Waals surface area contributed by atoms with Gasteiger partial charge >= 0.3 is 0 Å². The largest absolute Gasteiger partial charge is 0.379 e. The molecule has 0 saturated carbocycles. The lowest BCUT2D eigenvalue weighted by atomic mass is 9.85. The van der Waals surface area contributed by atoms with E-state index in [0.717, 1.165) is 51.2 Å². The number of piperidine rings is 1. The van der Waals surface area contributed by atoms with E-state index in [0.29, 0.717) is 19.8 Å². The monoisotopic (exact) mass is 371 g/mol. The second-order valence-corrected chi connectivity index (χ2v) is 7.03. The van der Waals surface area contributed by atoms with E-state index in [2.05, 4.69) is 22.2 Å². The Bertz CT molecular complexity index is 657. The van der Waals surface area contributed by atoms with Crippen LogP contribution in [0, 0.1) is 17.5 Å². The third-order valence-corrected chi connectivity index (χ3v) is 5.46. The summed E-state index contributed by atoms with van der Waals surface area (Å²) in [5, 5.41) is 2.74. The summed E-state index contributed by atoms with van der Waals surface area (Å²) in [5.74, 6) is -5.11. The fraction of sp³-hybridized carbons (Fsp3) is 0.611. The summed E-state index contributed by atoms with van der Waals surface area (Å²) in [6, 6.07) is 1.74. The third-order valence-electron chi connectivity index (χ3n) is 5.46. The normalized spacial score (nSPS) is 21.5. The molecule has 0 bridgehead atoms. The summed E-state index contributed by atoms with van der Waals surface area (Å²) < 4.78 is 45.8. The van der Waals surface area contributed by atoms with E-state index in [1.165, 1.54) is 0 Å². The lowest BCUT2D eigenvalue weighted by Crippen LogP contribution is -2.62. The molecule has 144 valence electrons. The van der Waals surface area contributed by atoms with Gasteiger partial charge in [-0.25, -0.2) is 13.2 Å². The van der Waals surface area contributed by atoms with Gasteiger partial charge in [-0.15, -0.1) is 0 Å². The maximum Gasteiger partial charge on any atom is 0.254 e. The van der Waals surface area contributed by atoms with Crippen molar-refractivity contribution in [3.8, 4) is 0 Å². The minimum absolute atomic E-state index is 0.235. The van der Waals surface area contributed by atoms with Crippen molar-refractivity contribution < 1.29 is 22.7 Å². The van der Waals surface area contributed by atoms with E-state index < -0.39 is 28.9 Å². The number of likely N-dealkylation sites (tertiary alicyclic amines) is 1. The molecule has 0 aromatic heterocycles. The minimum Gasteiger partial charge on any atom is -0.379 e. The number of nitrogens with one attached hydrogen (secondary N) is 1. The van der Waals surface area contributed by atoms with Gasteiger partial charge in [-0.2, -0.15) is 0 Å². The van der Waals surface area contributed by atoms with Crippen LogP contribution in [-0.4, -0.2) is 74.2 Å². The highest BCUT2D eigenvalue weighted by molar-refractivity contribution is 5.94. The van der Waals surface area contributed by atoms with Crippen molar-refractivity contribution in [2.75, 3.05) is 53.0 Å². The van der Waals surface area contributed by atoms with E-state index in [1.54, 1.807) is 0 Å². The molecule has 1 aromatic carbocycles. The van der Waals surface area contributed by atoms with E-state index in [4.69, 9.17) is 4.74 Å². The Morgan fingerprint density at radius 3 is 2.42 bits per heavy atom. The van der Waals surface area contributed by atoms with Gasteiger partial charge in [0.05, 0.1) is 18.8 Å². The smallest absolute Gasteiger partial charge is 0.254 e. The highest BCUT2D eigenvalue weighted by Crippen LogP contribution is 2.29. The summed E-state index contributed by atoms with van der Waals surface area (Å²) in [4.78, 5) is 16.9. The Morgan fingerprint density at radius 1 is 1.12 bits per heavy atom. The number of ether oxygens (including phenoxy) is 1. The number of carbonyl (C=O) groups excluding carboxylic acids is 1. The Hall–Kier alpha value is -1.64. The Morgan fingerprint density at radius 2 is 1.77 bits per heavy atom. The van der Waals surface area contributed by atoms with Crippen LogP contribution in [0.5, 0.6) is 0 Å². The number of benzene rings is 1. The van der Waals surface area contributed by atoms with Crippen LogP contribution in [0.25, 0.3) is 0 Å². The second-order valence-electron chi connectivity index (χ2n) is 7.03. The lowest BCUT2D eigenvalue weighted by molar-refractivity contribution is -0.0439. The molecule has 0 atom stereocenters. The van der Waals surface area contributed by atoms with E-state index in [-0.39, 0.29) is 5.54 Å². The molecular formula is C18H24F3N3O2. The first kappa shape index (κ1) is 19.1. The van der Waals surface area contributed by atoms with Gasteiger partial charge < -0.3 is 15.0 Å². The number of halogens is 3. The van der Waals surface area contributed by atoms with Crippen LogP contribution < -0.4 is 5.32 Å². The minimum atomic E-state index is -1.63. The van der Waals surface area contributed by atoms with Crippen molar-refractivity contribution in [1.82, 2.24) is 15.1 Å². The SMILES string of the molecule is CN1CCC(CNC(=O)c2ccc(F)c(F)c2F)(N2CCOCC2)CC1. The van der Waals surface area contributed by atoms with Crippen LogP contribution in [0.3, 0.4) is 0 Å². The van der Waals surface area contributed by atoms with Crippen LogP contribution in [0.15, 0.2) is 12.1 Å². The zero-order valence-electron chi connectivity index (χ0n) is 14.9. The summed E-state index contributed by atoms with van der Waals surface area (Å²) in [6.07, 6.45) is 1.73. The first-order chi connectivity index (χ1) is 12.4. The van der Waals surface area contributed by atoms with Gasteiger partial charge in [0.1, 0.15) is 0 Å². The van der Waals surface area contributed by atoms with Crippen molar-refractivity contribution in [2.24, 2.45) is 0 Å². The molecule has 0 radical (unpaired) electrons. The molecule has 1 aromatic rings. The number of hydrogen-bond acceptors (Lipinski definition) is 4. The molecule has 8 heteroatoms. The number of hydrogen-bond donors (Lipinski definition) is 1. The Labute approximate surface area is 151 Å². The maximum absolute atomic E-state index is 13.9. The van der Waals surface area contributed by atoms with Crippen molar-refractivity contribution in [1.29, 1.82) is 0 Å². The molecule has 2 heterocycles. The Kier molecular flexibility index (Phi) is 5.84. The number of carbonyl (C=O) groups is 1. The average molecular weight is 371 g/mol. The van der Waals surface area contributed by atoms with Crippen LogP contribution in [0.2, 0.25) is 0 Å². The summed E-state index contributed by atoms with van der Waals surface area (Å²) in [7, 11) is 2.05. The first-order valence-electron chi connectivity index (χ1n) is 8.86. The predicted molar refractivity (Wildman–Crippen MR) is 90.5 cm³/mol. The van der Waals surface area contributed by atoms with Crippen molar-refractivity contribution in [3.05, 3.63) is 35.1 Å². The highest BCUT2D eigenvalue weighted by Gasteiger charge is 2.40. The molecule has 0 spiro atoms. The van der Waals surface area contributed by atoms with E-state index >= 15 is 0 Å². The van der Waals surface area contributed by atoms with Gasteiger partial charge in [-0.05, 0) is 45.1 Å². The van der Waals surface area contributed by atoms with Gasteiger partial charge in [-0.1, -0.05) is 0 Å². The molecule has 1 amide bonds. The van der Waals surface area contributed by atoms with E-state index in [1.807, 2.05) is 0 Å². The van der Waals surface area contributed by atoms with Gasteiger partial charge in [-0.3, -0.25) is 9.69 Å². The Balaban J connectivity index is 1.73. The van der Waals surface area contributed by atoms with Crippen LogP contribution >= 0.6 is 0 Å². The van der Waals surface area contributed by atoms with Crippen molar-refractivity contribution in [3.63, 3.8) is 0 Å². The molecule has 2 fully saturated rings. The molecule has 5 nitrogen and oxygen atoms in total. The summed E-state index contributed by atoms with van der Waals surface area (Å²) >= 11 is 0. The first-order valence-corrected chi connectivity index (χ1v) is 8.86. The topological polar surface area (TPSA) is 44.8 Å². The molecule has 26 heavy (non-hydrogen) atoms. The van der Waals surface area contributed by atoms with Gasteiger partial charge in [0.2, 0.25) is 0 Å². The van der Waals surface area contributed by atoms with Gasteiger partial charge in [0.25, 0.3) is 5.91 Å². The zero-order chi connectivity index (χ0) is 18.7. The molecular weight excluding hydrogens is 347 g/mol. The van der Waals surface area contributed by atoms with Crippen LogP contribution in [0.1, 0.15) is 23.2 Å². The third kappa shape index (κ3) is 3.87.